The van der Waals surface area contributed by atoms with Crippen molar-refractivity contribution in [2.75, 3.05) is 26.3 Å². The SMILES string of the molecule is Cc1c(-c2ccc(Cl)cc2)c(C(=O)N2CCOCC2)n(Cn2ccccc2=O)c1C(F)(F)F. The number of nitrogens with zero attached hydrogens (tertiary/aromatic N) is 3. The number of halogens is 4. The van der Waals surface area contributed by atoms with Gasteiger partial charge in [-0.1, -0.05) is 29.8 Å². The van der Waals surface area contributed by atoms with Crippen LogP contribution in [0.3, 0.4) is 0 Å². The van der Waals surface area contributed by atoms with Crippen molar-refractivity contribution in [3.8, 4) is 11.1 Å². The van der Waals surface area contributed by atoms with Crippen molar-refractivity contribution in [3.63, 3.8) is 0 Å². The van der Waals surface area contributed by atoms with E-state index in [1.54, 1.807) is 30.3 Å². The molecule has 3 aromatic rings. The van der Waals surface area contributed by atoms with E-state index in [4.69, 9.17) is 16.3 Å². The molecule has 3 heterocycles. The zero-order valence-electron chi connectivity index (χ0n) is 17.7. The van der Waals surface area contributed by atoms with Gasteiger partial charge in [0.1, 0.15) is 18.1 Å². The van der Waals surface area contributed by atoms with Crippen LogP contribution in [-0.4, -0.2) is 46.2 Å². The normalized spacial score (nSPS) is 14.5. The zero-order chi connectivity index (χ0) is 23.8. The highest BCUT2D eigenvalue weighted by atomic mass is 35.5. The van der Waals surface area contributed by atoms with Crippen LogP contribution in [0.25, 0.3) is 11.1 Å². The lowest BCUT2D eigenvalue weighted by Gasteiger charge is -2.28. The van der Waals surface area contributed by atoms with Crippen molar-refractivity contribution in [1.82, 2.24) is 14.0 Å². The Kier molecular flexibility index (Phi) is 6.36. The molecule has 0 N–H and O–H groups in total. The number of aromatic nitrogens is 2. The molecule has 0 atom stereocenters. The van der Waals surface area contributed by atoms with Gasteiger partial charge in [0.25, 0.3) is 11.5 Å². The summed E-state index contributed by atoms with van der Waals surface area (Å²) < 4.78 is 50.3. The molecule has 0 saturated carbocycles. The van der Waals surface area contributed by atoms with Gasteiger partial charge in [-0.25, -0.2) is 0 Å². The Bertz CT molecular complexity index is 1230. The van der Waals surface area contributed by atoms with Crippen LogP contribution in [0.2, 0.25) is 5.02 Å². The smallest absolute Gasteiger partial charge is 0.378 e. The van der Waals surface area contributed by atoms with Crippen molar-refractivity contribution in [2.45, 2.75) is 19.8 Å². The number of hydrogen-bond acceptors (Lipinski definition) is 3. The molecule has 1 aliphatic rings. The van der Waals surface area contributed by atoms with E-state index in [9.17, 15) is 22.8 Å². The van der Waals surface area contributed by atoms with Gasteiger partial charge in [0.05, 0.1) is 13.2 Å². The summed E-state index contributed by atoms with van der Waals surface area (Å²) in [6, 6.07) is 10.6. The third kappa shape index (κ3) is 4.56. The van der Waals surface area contributed by atoms with Gasteiger partial charge in [-0.05, 0) is 36.2 Å². The molecule has 33 heavy (non-hydrogen) atoms. The lowest BCUT2D eigenvalue weighted by Crippen LogP contribution is -2.42. The number of morpholine rings is 1. The third-order valence-corrected chi connectivity index (χ3v) is 5.85. The monoisotopic (exact) mass is 479 g/mol. The standard InChI is InChI=1S/C23H21ClF3N3O3/c1-15-19(16-5-7-17(24)8-6-16)20(22(32)28-10-12-33-13-11-28)30(21(15)23(25,26)27)14-29-9-3-2-4-18(29)31/h2-9H,10-14H2,1H3. The van der Waals surface area contributed by atoms with Gasteiger partial charge in [-0.15, -0.1) is 0 Å². The summed E-state index contributed by atoms with van der Waals surface area (Å²) in [6.45, 7) is 1.99. The average molecular weight is 480 g/mol. The predicted molar refractivity (Wildman–Crippen MR) is 117 cm³/mol. The van der Waals surface area contributed by atoms with Gasteiger partial charge in [-0.2, -0.15) is 13.2 Å². The van der Waals surface area contributed by atoms with Crippen molar-refractivity contribution in [3.05, 3.63) is 81.0 Å². The molecule has 0 aliphatic carbocycles. The van der Waals surface area contributed by atoms with Gasteiger partial charge >= 0.3 is 6.18 Å². The Morgan fingerprint density at radius 1 is 1.09 bits per heavy atom. The molecule has 1 amide bonds. The minimum Gasteiger partial charge on any atom is -0.378 e. The van der Waals surface area contributed by atoms with Crippen LogP contribution in [0, 0.1) is 6.92 Å². The Hall–Kier alpha value is -3.04. The maximum atomic E-state index is 14.3. The molecule has 1 aromatic carbocycles. The number of hydrogen-bond donors (Lipinski definition) is 0. The van der Waals surface area contributed by atoms with Crippen molar-refractivity contribution in [1.29, 1.82) is 0 Å². The highest BCUT2D eigenvalue weighted by Crippen LogP contribution is 2.41. The maximum absolute atomic E-state index is 14.3. The van der Waals surface area contributed by atoms with Crippen LogP contribution in [-0.2, 0) is 17.6 Å². The summed E-state index contributed by atoms with van der Waals surface area (Å²) in [5.41, 5.74) is -1.07. The Morgan fingerprint density at radius 3 is 2.36 bits per heavy atom. The predicted octanol–water partition coefficient (Wildman–Crippen LogP) is 4.28. The van der Waals surface area contributed by atoms with Crippen LogP contribution >= 0.6 is 11.6 Å². The number of ether oxygens (including phenoxy) is 1. The number of amides is 1. The number of carbonyl (C=O) groups excluding carboxylic acids is 1. The summed E-state index contributed by atoms with van der Waals surface area (Å²) in [7, 11) is 0. The van der Waals surface area contributed by atoms with E-state index in [0.29, 0.717) is 23.8 Å². The molecule has 0 unspecified atom stereocenters. The summed E-state index contributed by atoms with van der Waals surface area (Å²) in [4.78, 5) is 27.4. The van der Waals surface area contributed by atoms with Gasteiger partial charge in [0, 0.05) is 35.9 Å². The summed E-state index contributed by atoms with van der Waals surface area (Å²) in [5.74, 6) is -0.550. The van der Waals surface area contributed by atoms with E-state index in [1.807, 2.05) is 0 Å². The first-order chi connectivity index (χ1) is 15.7. The summed E-state index contributed by atoms with van der Waals surface area (Å²) >= 11 is 5.98. The Balaban J connectivity index is 2.00. The number of pyridine rings is 1. The third-order valence-electron chi connectivity index (χ3n) is 5.60. The van der Waals surface area contributed by atoms with Gasteiger partial charge in [0.2, 0.25) is 0 Å². The number of benzene rings is 1. The second kappa shape index (κ2) is 9.07. The summed E-state index contributed by atoms with van der Waals surface area (Å²) in [6.07, 6.45) is -3.37. The fraction of sp³-hybridized carbons (Fsp3) is 0.304. The van der Waals surface area contributed by atoms with Gasteiger partial charge in [-0.3, -0.25) is 14.2 Å². The molecule has 4 rings (SSSR count). The molecule has 2 aromatic heterocycles. The van der Waals surface area contributed by atoms with Crippen LogP contribution in [0.1, 0.15) is 21.7 Å². The molecule has 174 valence electrons. The van der Waals surface area contributed by atoms with Crippen LogP contribution in [0.4, 0.5) is 13.2 Å². The highest BCUT2D eigenvalue weighted by Gasteiger charge is 2.42. The second-order valence-electron chi connectivity index (χ2n) is 7.68. The molecule has 1 saturated heterocycles. The lowest BCUT2D eigenvalue weighted by molar-refractivity contribution is -0.144. The van der Waals surface area contributed by atoms with Gasteiger partial charge in [0.15, 0.2) is 0 Å². The van der Waals surface area contributed by atoms with Crippen molar-refractivity contribution in [2.24, 2.45) is 0 Å². The van der Waals surface area contributed by atoms with E-state index >= 15 is 0 Å². The molecular formula is C23H21ClF3N3O3. The molecule has 1 aliphatic heterocycles. The molecule has 0 spiro atoms. The maximum Gasteiger partial charge on any atom is 0.431 e. The zero-order valence-corrected chi connectivity index (χ0v) is 18.5. The largest absolute Gasteiger partial charge is 0.431 e. The van der Waals surface area contributed by atoms with Crippen LogP contribution in [0.5, 0.6) is 0 Å². The van der Waals surface area contributed by atoms with Crippen LogP contribution in [0.15, 0.2) is 53.5 Å². The molecular weight excluding hydrogens is 459 g/mol. The van der Waals surface area contributed by atoms with E-state index in [0.717, 1.165) is 9.13 Å². The molecule has 1 fully saturated rings. The first kappa shape index (κ1) is 23.1. The second-order valence-corrected chi connectivity index (χ2v) is 8.12. The van der Waals surface area contributed by atoms with Crippen molar-refractivity contribution < 1.29 is 22.7 Å². The highest BCUT2D eigenvalue weighted by molar-refractivity contribution is 6.30. The van der Waals surface area contributed by atoms with Crippen LogP contribution < -0.4 is 5.56 Å². The number of carbonyl (C=O) groups is 1. The quantitative estimate of drug-likeness (QED) is 0.561. The summed E-state index contributed by atoms with van der Waals surface area (Å²) in [5, 5.41) is 0.420. The minimum atomic E-state index is -4.76. The minimum absolute atomic E-state index is 0.0922. The van der Waals surface area contributed by atoms with E-state index in [-0.39, 0.29) is 29.9 Å². The van der Waals surface area contributed by atoms with E-state index in [2.05, 4.69) is 0 Å². The number of rotatable bonds is 4. The topological polar surface area (TPSA) is 56.5 Å². The fourth-order valence-electron chi connectivity index (χ4n) is 4.09. The van der Waals surface area contributed by atoms with Crippen molar-refractivity contribution >= 4 is 17.5 Å². The first-order valence-electron chi connectivity index (χ1n) is 10.3. The Morgan fingerprint density at radius 2 is 1.76 bits per heavy atom. The molecule has 0 bridgehead atoms. The Labute approximate surface area is 192 Å². The molecule has 0 radical (unpaired) electrons. The molecule has 10 heteroatoms. The fourth-order valence-corrected chi connectivity index (χ4v) is 4.22. The average Bonchev–Trinajstić information content (AvgIpc) is 3.08. The van der Waals surface area contributed by atoms with E-state index < -0.39 is 30.0 Å². The van der Waals surface area contributed by atoms with Gasteiger partial charge < -0.3 is 14.2 Å². The van der Waals surface area contributed by atoms with E-state index in [1.165, 1.54) is 30.2 Å². The number of alkyl halides is 3. The lowest BCUT2D eigenvalue weighted by atomic mass is 10.00. The molecule has 6 nitrogen and oxygen atoms in total. The first-order valence-corrected chi connectivity index (χ1v) is 10.6.